The van der Waals surface area contributed by atoms with Gasteiger partial charge in [-0.05, 0) is 0 Å². The van der Waals surface area contributed by atoms with Gasteiger partial charge in [0.2, 0.25) is 6.41 Å². The average Bonchev–Trinajstić information content (AvgIpc) is 1.82. The predicted octanol–water partition coefficient (Wildman–Crippen LogP) is -0.153. The molecule has 0 aromatic heterocycles. The maximum Gasteiger partial charge on any atom is 0.334 e. The second-order valence-corrected chi connectivity index (χ2v) is 1.81. The molecular formula is C5H9NO3. The van der Waals surface area contributed by atoms with Crippen molar-refractivity contribution in [2.24, 2.45) is 5.92 Å². The number of nitrogens with one attached hydrogen (secondary N) is 1. The van der Waals surface area contributed by atoms with Crippen LogP contribution in [0.1, 0.15) is 13.8 Å². The predicted molar refractivity (Wildman–Crippen MR) is 30.1 cm³/mol. The quantitative estimate of drug-likeness (QED) is 0.428. The van der Waals surface area contributed by atoms with Crippen molar-refractivity contribution < 1.29 is 14.4 Å². The third kappa shape index (κ3) is 3.52. The largest absolute Gasteiger partial charge is 0.341 e. The smallest absolute Gasteiger partial charge is 0.334 e. The number of hydrogen-bond donors (Lipinski definition) is 1. The van der Waals surface area contributed by atoms with Crippen LogP contribution >= 0.6 is 0 Å². The van der Waals surface area contributed by atoms with Crippen LogP contribution in [0.3, 0.4) is 0 Å². The van der Waals surface area contributed by atoms with Crippen molar-refractivity contribution in [2.45, 2.75) is 13.8 Å². The van der Waals surface area contributed by atoms with E-state index in [-0.39, 0.29) is 5.92 Å². The van der Waals surface area contributed by atoms with Gasteiger partial charge in [0.1, 0.15) is 0 Å². The zero-order valence-electron chi connectivity index (χ0n) is 5.38. The Bertz CT molecular complexity index is 111. The molecular weight excluding hydrogens is 122 g/mol. The fourth-order valence-electron chi connectivity index (χ4n) is 0.200. The highest BCUT2D eigenvalue weighted by Crippen LogP contribution is 1.91. The Balaban J connectivity index is 3.38. The highest BCUT2D eigenvalue weighted by atomic mass is 16.7. The summed E-state index contributed by atoms with van der Waals surface area (Å²) >= 11 is 0. The summed E-state index contributed by atoms with van der Waals surface area (Å²) < 4.78 is 0. The molecule has 0 saturated carbocycles. The molecule has 0 aliphatic rings. The molecule has 0 atom stereocenters. The van der Waals surface area contributed by atoms with Gasteiger partial charge in [0.15, 0.2) is 0 Å². The number of amides is 1. The molecule has 0 aromatic carbocycles. The highest BCUT2D eigenvalue weighted by molar-refractivity contribution is 5.72. The molecule has 52 valence electrons. The molecule has 0 fully saturated rings. The Kier molecular flexibility index (Phi) is 3.43. The Morgan fingerprint density at radius 3 is 2.56 bits per heavy atom. The van der Waals surface area contributed by atoms with Gasteiger partial charge in [-0.1, -0.05) is 13.8 Å². The summed E-state index contributed by atoms with van der Waals surface area (Å²) in [5.74, 6) is -0.653. The number of rotatable bonds is 3. The number of carbonyl (C=O) groups excluding carboxylic acids is 2. The van der Waals surface area contributed by atoms with Crippen LogP contribution in [-0.4, -0.2) is 12.4 Å². The lowest BCUT2D eigenvalue weighted by Crippen LogP contribution is -2.21. The monoisotopic (exact) mass is 131 g/mol. The first kappa shape index (κ1) is 7.94. The van der Waals surface area contributed by atoms with Gasteiger partial charge >= 0.3 is 5.97 Å². The zero-order chi connectivity index (χ0) is 7.28. The van der Waals surface area contributed by atoms with Crippen molar-refractivity contribution in [1.29, 1.82) is 0 Å². The molecule has 0 aromatic rings. The second kappa shape index (κ2) is 3.88. The van der Waals surface area contributed by atoms with E-state index in [0.29, 0.717) is 6.41 Å². The maximum atomic E-state index is 10.5. The van der Waals surface area contributed by atoms with Crippen LogP contribution in [0.15, 0.2) is 0 Å². The molecule has 0 radical (unpaired) electrons. The standard InChI is InChI=1S/C5H9NO3/c1-4(2)5(8)9-6-3-7/h3-4H,1-2H3,(H,6,7). The van der Waals surface area contributed by atoms with E-state index in [4.69, 9.17) is 0 Å². The first-order valence-electron chi connectivity index (χ1n) is 2.58. The maximum absolute atomic E-state index is 10.5. The average molecular weight is 131 g/mol. The van der Waals surface area contributed by atoms with Crippen molar-refractivity contribution in [3.63, 3.8) is 0 Å². The van der Waals surface area contributed by atoms with E-state index in [0.717, 1.165) is 0 Å². The van der Waals surface area contributed by atoms with E-state index in [1.807, 2.05) is 0 Å². The molecule has 0 spiro atoms. The van der Waals surface area contributed by atoms with E-state index in [1.54, 1.807) is 19.3 Å². The van der Waals surface area contributed by atoms with Crippen molar-refractivity contribution >= 4 is 12.4 Å². The lowest BCUT2D eigenvalue weighted by molar-refractivity contribution is -0.157. The fourth-order valence-corrected chi connectivity index (χ4v) is 0.200. The van der Waals surface area contributed by atoms with Gasteiger partial charge in [0, 0.05) is 0 Å². The summed E-state index contributed by atoms with van der Waals surface area (Å²) in [7, 11) is 0. The van der Waals surface area contributed by atoms with Gasteiger partial charge in [-0.3, -0.25) is 4.79 Å². The third-order valence-corrected chi connectivity index (χ3v) is 0.679. The Labute approximate surface area is 53.1 Å². The Morgan fingerprint density at radius 1 is 1.67 bits per heavy atom. The summed E-state index contributed by atoms with van der Waals surface area (Å²) in [6.45, 7) is 3.35. The fraction of sp³-hybridized carbons (Fsp3) is 0.600. The Hall–Kier alpha value is -1.06. The third-order valence-electron chi connectivity index (χ3n) is 0.679. The SMILES string of the molecule is CC(C)C(=O)ONC=O. The van der Waals surface area contributed by atoms with E-state index < -0.39 is 5.97 Å². The topological polar surface area (TPSA) is 55.4 Å². The minimum Gasteiger partial charge on any atom is -0.341 e. The molecule has 0 heterocycles. The minimum absolute atomic E-state index is 0.211. The summed E-state index contributed by atoms with van der Waals surface area (Å²) in [6.07, 6.45) is 0.306. The molecule has 0 aliphatic heterocycles. The van der Waals surface area contributed by atoms with Crippen LogP contribution in [0.4, 0.5) is 0 Å². The molecule has 0 rings (SSSR count). The lowest BCUT2D eigenvalue weighted by Gasteiger charge is -2.01. The van der Waals surface area contributed by atoms with Gasteiger partial charge < -0.3 is 4.84 Å². The highest BCUT2D eigenvalue weighted by Gasteiger charge is 2.06. The zero-order valence-corrected chi connectivity index (χ0v) is 5.38. The minimum atomic E-state index is -0.442. The van der Waals surface area contributed by atoms with Crippen LogP contribution in [0, 0.1) is 5.92 Å². The van der Waals surface area contributed by atoms with Gasteiger partial charge in [-0.25, -0.2) is 4.79 Å². The Morgan fingerprint density at radius 2 is 2.22 bits per heavy atom. The number of hydroxylamine groups is 1. The van der Waals surface area contributed by atoms with E-state index in [1.165, 1.54) is 0 Å². The summed E-state index contributed by atoms with van der Waals surface area (Å²) in [5, 5.41) is 0. The summed E-state index contributed by atoms with van der Waals surface area (Å²) in [4.78, 5) is 24.2. The summed E-state index contributed by atoms with van der Waals surface area (Å²) in [5.41, 5.74) is 1.80. The number of carbonyl (C=O) groups is 2. The van der Waals surface area contributed by atoms with Crippen LogP contribution in [0.25, 0.3) is 0 Å². The van der Waals surface area contributed by atoms with Crippen LogP contribution in [0.5, 0.6) is 0 Å². The van der Waals surface area contributed by atoms with Gasteiger partial charge in [-0.2, -0.15) is 5.48 Å². The van der Waals surface area contributed by atoms with Crippen molar-refractivity contribution in [2.75, 3.05) is 0 Å². The van der Waals surface area contributed by atoms with E-state index >= 15 is 0 Å². The molecule has 0 saturated heterocycles. The molecule has 1 N–H and O–H groups in total. The molecule has 0 bridgehead atoms. The van der Waals surface area contributed by atoms with Crippen LogP contribution in [-0.2, 0) is 14.4 Å². The number of hydrogen-bond acceptors (Lipinski definition) is 3. The molecule has 4 heteroatoms. The summed E-state index contributed by atoms with van der Waals surface area (Å²) in [6, 6.07) is 0. The van der Waals surface area contributed by atoms with Crippen LogP contribution < -0.4 is 5.48 Å². The van der Waals surface area contributed by atoms with Crippen LogP contribution in [0.2, 0.25) is 0 Å². The molecule has 0 aliphatic carbocycles. The van der Waals surface area contributed by atoms with Gasteiger partial charge in [0.05, 0.1) is 5.92 Å². The first-order valence-corrected chi connectivity index (χ1v) is 2.58. The normalized spacial score (nSPS) is 8.78. The molecule has 1 amide bonds. The van der Waals surface area contributed by atoms with Crippen molar-refractivity contribution in [3.05, 3.63) is 0 Å². The van der Waals surface area contributed by atoms with Gasteiger partial charge in [0.25, 0.3) is 0 Å². The van der Waals surface area contributed by atoms with E-state index in [9.17, 15) is 9.59 Å². The van der Waals surface area contributed by atoms with Gasteiger partial charge in [-0.15, -0.1) is 0 Å². The molecule has 4 nitrogen and oxygen atoms in total. The first-order chi connectivity index (χ1) is 4.18. The molecule has 0 unspecified atom stereocenters. The molecule has 9 heavy (non-hydrogen) atoms. The second-order valence-electron chi connectivity index (χ2n) is 1.81. The van der Waals surface area contributed by atoms with E-state index in [2.05, 4.69) is 4.84 Å². The van der Waals surface area contributed by atoms with Crippen molar-refractivity contribution in [3.8, 4) is 0 Å². The lowest BCUT2D eigenvalue weighted by atomic mass is 10.2. The van der Waals surface area contributed by atoms with Crippen molar-refractivity contribution in [1.82, 2.24) is 5.48 Å².